The largest absolute Gasteiger partial charge is 0.484 e. The van der Waals surface area contributed by atoms with E-state index in [1.807, 2.05) is 55.5 Å². The van der Waals surface area contributed by atoms with Gasteiger partial charge in [-0.2, -0.15) is 0 Å². The Labute approximate surface area is 167 Å². The number of amides is 2. The molecule has 0 aromatic heterocycles. The van der Waals surface area contributed by atoms with Gasteiger partial charge in [-0.1, -0.05) is 29.8 Å². The second-order valence-electron chi connectivity index (χ2n) is 6.04. The molecule has 0 unspecified atom stereocenters. The Morgan fingerprint density at radius 3 is 2.31 bits per heavy atom. The van der Waals surface area contributed by atoms with Crippen molar-refractivity contribution in [1.29, 1.82) is 0 Å². The van der Waals surface area contributed by atoms with Crippen molar-refractivity contribution in [1.82, 2.24) is 10.2 Å². The number of hydrogen-bond donors (Lipinski definition) is 1. The van der Waals surface area contributed by atoms with Gasteiger partial charge in [-0.3, -0.25) is 9.59 Å². The normalized spacial score (nSPS) is 11.5. The van der Waals surface area contributed by atoms with Gasteiger partial charge < -0.3 is 15.0 Å². The molecule has 2 aromatic carbocycles. The van der Waals surface area contributed by atoms with Gasteiger partial charge in [0.15, 0.2) is 6.61 Å². The third-order valence-electron chi connectivity index (χ3n) is 4.06. The average molecular weight is 466 g/mol. The Kier molecular flexibility index (Phi) is 7.44. The Bertz CT molecular complexity index is 745. The van der Waals surface area contributed by atoms with Crippen LogP contribution in [0, 0.1) is 10.5 Å². The summed E-state index contributed by atoms with van der Waals surface area (Å²) in [6.45, 7) is 3.96. The first kappa shape index (κ1) is 20.2. The topological polar surface area (TPSA) is 58.6 Å². The molecule has 5 nitrogen and oxygen atoms in total. The fraction of sp³-hybridized carbons (Fsp3) is 0.300. The highest BCUT2D eigenvalue weighted by Crippen LogP contribution is 2.15. The van der Waals surface area contributed by atoms with E-state index in [0.29, 0.717) is 12.3 Å². The van der Waals surface area contributed by atoms with Crippen LogP contribution in [-0.4, -0.2) is 36.4 Å². The predicted octanol–water partition coefficient (Wildman–Crippen LogP) is 3.14. The van der Waals surface area contributed by atoms with Crippen molar-refractivity contribution in [3.05, 3.63) is 63.2 Å². The fourth-order valence-corrected chi connectivity index (χ4v) is 2.80. The highest BCUT2D eigenvalue weighted by molar-refractivity contribution is 14.1. The zero-order chi connectivity index (χ0) is 19.1. The molecule has 2 aromatic rings. The molecule has 0 fully saturated rings. The van der Waals surface area contributed by atoms with Gasteiger partial charge in [0, 0.05) is 17.2 Å². The molecule has 0 radical (unpaired) electrons. The van der Waals surface area contributed by atoms with Crippen LogP contribution in [-0.2, 0) is 16.1 Å². The van der Waals surface area contributed by atoms with Gasteiger partial charge in [-0.05, 0) is 66.3 Å². The molecule has 1 atom stereocenters. The second kappa shape index (κ2) is 9.56. The number of nitrogens with one attached hydrogen (secondary N) is 1. The number of rotatable bonds is 7. The maximum absolute atomic E-state index is 12.7. The van der Waals surface area contributed by atoms with Crippen LogP contribution in [0.15, 0.2) is 48.5 Å². The van der Waals surface area contributed by atoms with E-state index in [1.165, 1.54) is 4.90 Å². The molecule has 6 heteroatoms. The van der Waals surface area contributed by atoms with Crippen LogP contribution in [0.3, 0.4) is 0 Å². The summed E-state index contributed by atoms with van der Waals surface area (Å²) in [6.07, 6.45) is 0. The third-order valence-corrected chi connectivity index (χ3v) is 4.78. The van der Waals surface area contributed by atoms with Crippen LogP contribution in [0.1, 0.15) is 18.1 Å². The van der Waals surface area contributed by atoms with Gasteiger partial charge >= 0.3 is 0 Å². The van der Waals surface area contributed by atoms with Gasteiger partial charge in [0.25, 0.3) is 5.91 Å². The van der Waals surface area contributed by atoms with Crippen molar-refractivity contribution in [3.63, 3.8) is 0 Å². The molecule has 2 rings (SSSR count). The number of nitrogens with zero attached hydrogens (tertiary/aromatic N) is 1. The summed E-state index contributed by atoms with van der Waals surface area (Å²) in [5.74, 6) is 0.182. The van der Waals surface area contributed by atoms with Crippen LogP contribution in [0.2, 0.25) is 0 Å². The van der Waals surface area contributed by atoms with Crippen LogP contribution in [0.5, 0.6) is 5.75 Å². The van der Waals surface area contributed by atoms with E-state index >= 15 is 0 Å². The first-order valence-corrected chi connectivity index (χ1v) is 9.43. The molecular weight excluding hydrogens is 443 g/mol. The number of aryl methyl sites for hydroxylation is 1. The van der Waals surface area contributed by atoms with Gasteiger partial charge in [-0.15, -0.1) is 0 Å². The lowest BCUT2D eigenvalue weighted by Crippen LogP contribution is -2.48. The van der Waals surface area contributed by atoms with Crippen LogP contribution >= 0.6 is 22.6 Å². The molecule has 0 saturated heterocycles. The van der Waals surface area contributed by atoms with Crippen molar-refractivity contribution < 1.29 is 14.3 Å². The van der Waals surface area contributed by atoms with E-state index in [1.54, 1.807) is 14.0 Å². The number of carbonyl (C=O) groups excluding carboxylic acids is 2. The van der Waals surface area contributed by atoms with Crippen LogP contribution in [0.4, 0.5) is 0 Å². The molecule has 1 N–H and O–H groups in total. The monoisotopic (exact) mass is 466 g/mol. The number of ether oxygens (including phenoxy) is 1. The zero-order valence-corrected chi connectivity index (χ0v) is 17.3. The highest BCUT2D eigenvalue weighted by atomic mass is 127. The zero-order valence-electron chi connectivity index (χ0n) is 15.2. The third kappa shape index (κ3) is 5.72. The van der Waals surface area contributed by atoms with Crippen LogP contribution in [0.25, 0.3) is 0 Å². The molecule has 0 aliphatic heterocycles. The van der Waals surface area contributed by atoms with E-state index in [9.17, 15) is 9.59 Å². The van der Waals surface area contributed by atoms with Gasteiger partial charge in [0.2, 0.25) is 5.91 Å². The van der Waals surface area contributed by atoms with Crippen molar-refractivity contribution in [2.75, 3.05) is 13.7 Å². The van der Waals surface area contributed by atoms with Crippen LogP contribution < -0.4 is 10.1 Å². The lowest BCUT2D eigenvalue weighted by atomic mass is 10.1. The van der Waals surface area contributed by atoms with E-state index in [0.717, 1.165) is 14.7 Å². The quantitative estimate of drug-likeness (QED) is 0.639. The Hall–Kier alpha value is -2.09. The van der Waals surface area contributed by atoms with Crippen molar-refractivity contribution >= 4 is 34.4 Å². The van der Waals surface area contributed by atoms with Gasteiger partial charge in [0.05, 0.1) is 0 Å². The van der Waals surface area contributed by atoms with Gasteiger partial charge in [-0.25, -0.2) is 0 Å². The smallest absolute Gasteiger partial charge is 0.261 e. The Morgan fingerprint density at radius 1 is 1.12 bits per heavy atom. The number of carbonyl (C=O) groups is 2. The Morgan fingerprint density at radius 2 is 1.73 bits per heavy atom. The minimum Gasteiger partial charge on any atom is -0.484 e. The lowest BCUT2D eigenvalue weighted by Gasteiger charge is -2.28. The molecule has 0 aliphatic carbocycles. The standard InChI is InChI=1S/C20H23IN2O3/c1-14-4-6-16(7-5-14)12-23(15(2)20(25)22-3)19(24)13-26-18-10-8-17(21)9-11-18/h4-11,15H,12-13H2,1-3H3,(H,22,25)/t15-/m0/s1. The Balaban J connectivity index is 2.10. The van der Waals surface area contributed by atoms with Crippen molar-refractivity contribution in [2.45, 2.75) is 26.4 Å². The van der Waals surface area contributed by atoms with E-state index in [-0.39, 0.29) is 18.4 Å². The molecule has 0 heterocycles. The first-order chi connectivity index (χ1) is 12.4. The van der Waals surface area contributed by atoms with Gasteiger partial charge in [0.1, 0.15) is 11.8 Å². The molecule has 2 amide bonds. The maximum Gasteiger partial charge on any atom is 0.261 e. The number of likely N-dealkylation sites (N-methyl/N-ethyl adjacent to an activating group) is 1. The number of hydrogen-bond acceptors (Lipinski definition) is 3. The predicted molar refractivity (Wildman–Crippen MR) is 110 cm³/mol. The first-order valence-electron chi connectivity index (χ1n) is 8.35. The highest BCUT2D eigenvalue weighted by Gasteiger charge is 2.25. The minimum atomic E-state index is -0.589. The fourth-order valence-electron chi connectivity index (χ4n) is 2.44. The van der Waals surface area contributed by atoms with Crippen molar-refractivity contribution in [3.8, 4) is 5.75 Å². The summed E-state index contributed by atoms with van der Waals surface area (Å²) in [5.41, 5.74) is 2.11. The summed E-state index contributed by atoms with van der Waals surface area (Å²) in [4.78, 5) is 26.3. The molecule has 0 saturated carbocycles. The second-order valence-corrected chi connectivity index (χ2v) is 7.29. The molecule has 0 spiro atoms. The van der Waals surface area contributed by atoms with E-state index < -0.39 is 6.04 Å². The van der Waals surface area contributed by atoms with Crippen molar-refractivity contribution in [2.24, 2.45) is 0 Å². The number of benzene rings is 2. The summed E-state index contributed by atoms with van der Waals surface area (Å²) >= 11 is 2.21. The minimum absolute atomic E-state index is 0.117. The molecule has 0 bridgehead atoms. The summed E-state index contributed by atoms with van der Waals surface area (Å²) in [6, 6.07) is 14.8. The number of halogens is 1. The lowest BCUT2D eigenvalue weighted by molar-refractivity contribution is -0.142. The average Bonchev–Trinajstić information content (AvgIpc) is 2.65. The summed E-state index contributed by atoms with van der Waals surface area (Å²) in [7, 11) is 1.56. The molecule has 0 aliphatic rings. The molecular formula is C20H23IN2O3. The van der Waals surface area contributed by atoms with E-state index in [4.69, 9.17) is 4.74 Å². The van der Waals surface area contributed by atoms with E-state index in [2.05, 4.69) is 27.9 Å². The molecule has 138 valence electrons. The molecule has 26 heavy (non-hydrogen) atoms. The summed E-state index contributed by atoms with van der Waals surface area (Å²) in [5, 5.41) is 2.60. The maximum atomic E-state index is 12.7. The summed E-state index contributed by atoms with van der Waals surface area (Å²) < 4.78 is 6.69. The SMILES string of the molecule is CNC(=O)[C@H](C)N(Cc1ccc(C)cc1)C(=O)COc1ccc(I)cc1.